The number of hydrogen-bond acceptors (Lipinski definition) is 2. The van der Waals surface area contributed by atoms with Crippen molar-refractivity contribution < 1.29 is 4.39 Å². The van der Waals surface area contributed by atoms with Crippen LogP contribution in [0.2, 0.25) is 10.0 Å². The Morgan fingerprint density at radius 1 is 1.35 bits per heavy atom. The van der Waals surface area contributed by atoms with E-state index in [4.69, 9.17) is 23.2 Å². The van der Waals surface area contributed by atoms with Crippen molar-refractivity contribution in [3.05, 3.63) is 28.0 Å². The van der Waals surface area contributed by atoms with E-state index >= 15 is 0 Å². The first-order chi connectivity index (χ1) is 8.08. The van der Waals surface area contributed by atoms with Crippen LogP contribution in [0.1, 0.15) is 19.8 Å². The zero-order chi connectivity index (χ0) is 12.4. The molecule has 1 fully saturated rings. The third kappa shape index (κ3) is 3.21. The van der Waals surface area contributed by atoms with Gasteiger partial charge in [-0.25, -0.2) is 4.39 Å². The van der Waals surface area contributed by atoms with Gasteiger partial charge in [-0.2, -0.15) is 11.8 Å². The summed E-state index contributed by atoms with van der Waals surface area (Å²) in [4.78, 5) is 0. The highest BCUT2D eigenvalue weighted by atomic mass is 35.5. The molecule has 0 aliphatic carbocycles. The Kier molecular flexibility index (Phi) is 4.45. The molecule has 1 aliphatic heterocycles. The second kappa shape index (κ2) is 5.68. The second-order valence-electron chi connectivity index (χ2n) is 4.21. The Hall–Kier alpha value is -0.120. The van der Waals surface area contributed by atoms with E-state index in [2.05, 4.69) is 12.2 Å². The van der Waals surface area contributed by atoms with E-state index in [-0.39, 0.29) is 0 Å². The van der Waals surface area contributed by atoms with Gasteiger partial charge in [0.05, 0.1) is 15.7 Å². The molecule has 1 nitrogen and oxygen atoms in total. The van der Waals surface area contributed by atoms with E-state index in [1.165, 1.54) is 24.3 Å². The molecule has 1 N–H and O–H groups in total. The Labute approximate surface area is 115 Å². The molecule has 0 aromatic heterocycles. The predicted molar refractivity (Wildman–Crippen MR) is 75.0 cm³/mol. The van der Waals surface area contributed by atoms with Crippen LogP contribution >= 0.6 is 35.0 Å². The third-order valence-corrected chi connectivity index (χ3v) is 4.92. The number of nitrogens with one attached hydrogen (secondary N) is 1. The van der Waals surface area contributed by atoms with Crippen LogP contribution in [0.3, 0.4) is 0 Å². The molecule has 1 aromatic rings. The van der Waals surface area contributed by atoms with E-state index in [9.17, 15) is 4.39 Å². The maximum Gasteiger partial charge on any atom is 0.126 e. The van der Waals surface area contributed by atoms with Crippen LogP contribution in [-0.4, -0.2) is 17.0 Å². The number of thioether (sulfide) groups is 1. The van der Waals surface area contributed by atoms with Crippen molar-refractivity contribution >= 4 is 40.7 Å². The van der Waals surface area contributed by atoms with Crippen LogP contribution < -0.4 is 5.32 Å². The fourth-order valence-corrected chi connectivity index (χ4v) is 3.69. The maximum atomic E-state index is 13.1. The molecule has 1 saturated heterocycles. The minimum atomic E-state index is -0.406. The Morgan fingerprint density at radius 2 is 2.00 bits per heavy atom. The minimum Gasteiger partial charge on any atom is -0.379 e. The maximum absolute atomic E-state index is 13.1. The van der Waals surface area contributed by atoms with E-state index in [1.54, 1.807) is 0 Å². The normalized spacial score (nSPS) is 24.7. The largest absolute Gasteiger partial charge is 0.379 e. The topological polar surface area (TPSA) is 12.0 Å². The molecule has 2 rings (SSSR count). The molecule has 0 radical (unpaired) electrons. The molecule has 1 aliphatic rings. The lowest BCUT2D eigenvalue weighted by Gasteiger charge is -2.30. The standard InChI is InChI=1S/C12H14Cl2FNS/c1-7-11(3-2-4-17-7)16-12-9(13)5-8(15)6-10(12)14/h5-7,11,16H,2-4H2,1H3. The van der Waals surface area contributed by atoms with Gasteiger partial charge in [0, 0.05) is 11.3 Å². The van der Waals surface area contributed by atoms with Gasteiger partial charge in [-0.15, -0.1) is 0 Å². The van der Waals surface area contributed by atoms with Crippen molar-refractivity contribution in [3.63, 3.8) is 0 Å². The highest BCUT2D eigenvalue weighted by Gasteiger charge is 2.23. The zero-order valence-electron chi connectivity index (χ0n) is 9.47. The van der Waals surface area contributed by atoms with Crippen molar-refractivity contribution in [3.8, 4) is 0 Å². The molecule has 1 aromatic carbocycles. The molecular formula is C12H14Cl2FNS. The van der Waals surface area contributed by atoms with E-state index in [0.717, 1.165) is 6.42 Å². The van der Waals surface area contributed by atoms with Gasteiger partial charge in [0.25, 0.3) is 0 Å². The van der Waals surface area contributed by atoms with Gasteiger partial charge in [-0.3, -0.25) is 0 Å². The molecule has 0 saturated carbocycles. The highest BCUT2D eigenvalue weighted by Crippen LogP contribution is 2.35. The molecule has 0 spiro atoms. The van der Waals surface area contributed by atoms with Gasteiger partial charge in [-0.1, -0.05) is 30.1 Å². The molecule has 0 amide bonds. The summed E-state index contributed by atoms with van der Waals surface area (Å²) in [5.41, 5.74) is 0.647. The fraction of sp³-hybridized carbons (Fsp3) is 0.500. The Morgan fingerprint density at radius 3 is 2.59 bits per heavy atom. The monoisotopic (exact) mass is 293 g/mol. The van der Waals surface area contributed by atoms with Crippen molar-refractivity contribution in [2.75, 3.05) is 11.1 Å². The lowest BCUT2D eigenvalue weighted by atomic mass is 10.1. The summed E-state index contributed by atoms with van der Waals surface area (Å²) in [5, 5.41) is 4.55. The average molecular weight is 294 g/mol. The zero-order valence-corrected chi connectivity index (χ0v) is 11.8. The van der Waals surface area contributed by atoms with Gasteiger partial charge in [0.2, 0.25) is 0 Å². The highest BCUT2D eigenvalue weighted by molar-refractivity contribution is 8.00. The summed E-state index contributed by atoms with van der Waals surface area (Å²) in [7, 11) is 0. The fourth-order valence-electron chi connectivity index (χ4n) is 1.98. The average Bonchev–Trinajstić information content (AvgIpc) is 2.25. The minimum absolute atomic E-state index is 0.342. The third-order valence-electron chi connectivity index (χ3n) is 2.94. The van der Waals surface area contributed by atoms with Crippen LogP contribution in [0.15, 0.2) is 12.1 Å². The molecular weight excluding hydrogens is 280 g/mol. The molecule has 1 heterocycles. The van der Waals surface area contributed by atoms with Crippen LogP contribution in [0.4, 0.5) is 10.1 Å². The first kappa shape index (κ1) is 13.3. The summed E-state index contributed by atoms with van der Waals surface area (Å²) in [6.45, 7) is 2.19. The van der Waals surface area contributed by atoms with Crippen LogP contribution in [-0.2, 0) is 0 Å². The molecule has 2 unspecified atom stereocenters. The van der Waals surface area contributed by atoms with Gasteiger partial charge >= 0.3 is 0 Å². The molecule has 2 atom stereocenters. The molecule has 5 heteroatoms. The van der Waals surface area contributed by atoms with Gasteiger partial charge in [0.15, 0.2) is 0 Å². The number of rotatable bonds is 2. The summed E-state index contributed by atoms with van der Waals surface area (Å²) in [6, 6.07) is 2.92. The Balaban J connectivity index is 2.17. The van der Waals surface area contributed by atoms with E-state index in [1.807, 2.05) is 11.8 Å². The van der Waals surface area contributed by atoms with E-state index < -0.39 is 5.82 Å². The van der Waals surface area contributed by atoms with Crippen LogP contribution in [0.25, 0.3) is 0 Å². The van der Waals surface area contributed by atoms with Gasteiger partial charge < -0.3 is 5.32 Å². The summed E-state index contributed by atoms with van der Waals surface area (Å²) in [6.07, 6.45) is 2.28. The van der Waals surface area contributed by atoms with Gasteiger partial charge in [0.1, 0.15) is 5.82 Å². The number of benzene rings is 1. The van der Waals surface area contributed by atoms with Crippen LogP contribution in [0, 0.1) is 5.82 Å². The first-order valence-corrected chi connectivity index (χ1v) is 7.41. The number of anilines is 1. The number of halogens is 3. The Bertz CT molecular complexity index is 390. The van der Waals surface area contributed by atoms with Crippen molar-refractivity contribution in [1.82, 2.24) is 0 Å². The van der Waals surface area contributed by atoms with Crippen LogP contribution in [0.5, 0.6) is 0 Å². The SMILES string of the molecule is CC1SCCCC1Nc1c(Cl)cc(F)cc1Cl. The lowest BCUT2D eigenvalue weighted by molar-refractivity contribution is 0.615. The van der Waals surface area contributed by atoms with Gasteiger partial charge in [-0.05, 0) is 30.7 Å². The van der Waals surface area contributed by atoms with E-state index in [0.29, 0.717) is 27.0 Å². The first-order valence-electron chi connectivity index (χ1n) is 5.60. The van der Waals surface area contributed by atoms with Crippen molar-refractivity contribution in [2.45, 2.75) is 31.1 Å². The smallest absolute Gasteiger partial charge is 0.126 e. The summed E-state index contributed by atoms with van der Waals surface area (Å²) < 4.78 is 13.1. The second-order valence-corrected chi connectivity index (χ2v) is 6.51. The van der Waals surface area contributed by atoms with Crippen molar-refractivity contribution in [1.29, 1.82) is 0 Å². The summed E-state index contributed by atoms with van der Waals surface area (Å²) >= 11 is 14.0. The quantitative estimate of drug-likeness (QED) is 0.838. The van der Waals surface area contributed by atoms with Crippen molar-refractivity contribution in [2.24, 2.45) is 0 Å². The number of hydrogen-bond donors (Lipinski definition) is 1. The molecule has 94 valence electrons. The lowest BCUT2D eigenvalue weighted by Crippen LogP contribution is -2.33. The molecule has 0 bridgehead atoms. The predicted octanol–water partition coefficient (Wildman–Crippen LogP) is 4.83. The summed E-state index contributed by atoms with van der Waals surface area (Å²) in [5.74, 6) is 0.793. The molecule has 17 heavy (non-hydrogen) atoms.